The van der Waals surface area contributed by atoms with E-state index in [1.54, 1.807) is 18.9 Å². The monoisotopic (exact) mass is 377 g/mol. The number of fused-ring (bicyclic) bond motifs is 4. The number of likely N-dealkylation sites (tertiary alicyclic amines) is 1. The first-order chi connectivity index (χ1) is 11.7. The highest BCUT2D eigenvalue weighted by atomic mass is 35.5. The topological polar surface area (TPSA) is 21.7 Å². The average Bonchev–Trinajstić information content (AvgIpc) is 2.63. The van der Waals surface area contributed by atoms with Crippen LogP contribution in [0, 0.1) is 0 Å². The van der Waals surface area contributed by atoms with E-state index >= 15 is 0 Å². The van der Waals surface area contributed by atoms with Crippen molar-refractivity contribution in [1.29, 1.82) is 0 Å². The molecular formula is C20H24ClNO2S. The SMILES string of the molecule is COc1cccc2c1Oc1cc(SC)ccc1C21CCN(C)CC1.Cl. The van der Waals surface area contributed by atoms with Crippen LogP contribution in [0.25, 0.3) is 0 Å². The highest BCUT2D eigenvalue weighted by Gasteiger charge is 2.44. The number of rotatable bonds is 2. The Kier molecular flexibility index (Phi) is 5.24. The van der Waals surface area contributed by atoms with Gasteiger partial charge in [-0.15, -0.1) is 24.2 Å². The molecule has 0 unspecified atom stereocenters. The van der Waals surface area contributed by atoms with Crippen LogP contribution in [0.4, 0.5) is 0 Å². The minimum atomic E-state index is 0. The second-order valence-electron chi connectivity index (χ2n) is 6.69. The van der Waals surface area contributed by atoms with E-state index in [0.29, 0.717) is 0 Å². The van der Waals surface area contributed by atoms with Gasteiger partial charge in [0.1, 0.15) is 5.75 Å². The lowest BCUT2D eigenvalue weighted by molar-refractivity contribution is 0.200. The Morgan fingerprint density at radius 2 is 1.88 bits per heavy atom. The third kappa shape index (κ3) is 2.90. The molecule has 25 heavy (non-hydrogen) atoms. The molecule has 0 amide bonds. The minimum absolute atomic E-state index is 0. The molecule has 0 saturated carbocycles. The van der Waals surface area contributed by atoms with Crippen molar-refractivity contribution >= 4 is 24.2 Å². The quantitative estimate of drug-likeness (QED) is 0.690. The van der Waals surface area contributed by atoms with Crippen molar-refractivity contribution in [2.45, 2.75) is 23.2 Å². The van der Waals surface area contributed by atoms with Crippen LogP contribution < -0.4 is 9.47 Å². The molecule has 0 aliphatic carbocycles. The number of thioether (sulfide) groups is 1. The first-order valence-electron chi connectivity index (χ1n) is 8.40. The van der Waals surface area contributed by atoms with Crippen molar-refractivity contribution in [2.75, 3.05) is 33.5 Å². The van der Waals surface area contributed by atoms with Gasteiger partial charge in [0.15, 0.2) is 11.5 Å². The van der Waals surface area contributed by atoms with Crippen LogP contribution in [0.1, 0.15) is 24.0 Å². The number of ether oxygens (including phenoxy) is 2. The van der Waals surface area contributed by atoms with Crippen molar-refractivity contribution in [2.24, 2.45) is 0 Å². The van der Waals surface area contributed by atoms with E-state index in [0.717, 1.165) is 43.2 Å². The Hall–Kier alpha value is -1.36. The summed E-state index contributed by atoms with van der Waals surface area (Å²) in [7, 11) is 3.92. The molecule has 2 heterocycles. The number of hydrogen-bond donors (Lipinski definition) is 0. The number of halogens is 1. The van der Waals surface area contributed by atoms with E-state index < -0.39 is 0 Å². The molecule has 1 spiro atoms. The summed E-state index contributed by atoms with van der Waals surface area (Å²) in [6.45, 7) is 2.20. The third-order valence-electron chi connectivity index (χ3n) is 5.47. The molecule has 0 aromatic heterocycles. The molecule has 0 radical (unpaired) electrons. The van der Waals surface area contributed by atoms with Gasteiger partial charge in [0.25, 0.3) is 0 Å². The zero-order chi connectivity index (χ0) is 16.7. The van der Waals surface area contributed by atoms with Crippen molar-refractivity contribution in [1.82, 2.24) is 4.90 Å². The van der Waals surface area contributed by atoms with E-state index in [9.17, 15) is 0 Å². The van der Waals surface area contributed by atoms with Crippen LogP contribution in [0.2, 0.25) is 0 Å². The fraction of sp³-hybridized carbons (Fsp3) is 0.400. The van der Waals surface area contributed by atoms with Gasteiger partial charge in [0.2, 0.25) is 0 Å². The van der Waals surface area contributed by atoms with Crippen molar-refractivity contribution in [3.8, 4) is 17.2 Å². The van der Waals surface area contributed by atoms with E-state index in [-0.39, 0.29) is 17.8 Å². The minimum Gasteiger partial charge on any atom is -0.493 e. The largest absolute Gasteiger partial charge is 0.493 e. The average molecular weight is 378 g/mol. The normalized spacial score (nSPS) is 17.9. The molecular weight excluding hydrogens is 354 g/mol. The number of piperidine rings is 1. The third-order valence-corrected chi connectivity index (χ3v) is 6.20. The lowest BCUT2D eigenvalue weighted by atomic mass is 9.66. The van der Waals surface area contributed by atoms with Crippen molar-refractivity contribution in [3.63, 3.8) is 0 Å². The van der Waals surface area contributed by atoms with Crippen LogP contribution >= 0.6 is 24.2 Å². The first-order valence-corrected chi connectivity index (χ1v) is 9.63. The molecule has 0 N–H and O–H groups in total. The lowest BCUT2D eigenvalue weighted by Gasteiger charge is -2.45. The number of para-hydroxylation sites is 1. The highest BCUT2D eigenvalue weighted by Crippen LogP contribution is 2.55. The summed E-state index contributed by atoms with van der Waals surface area (Å²) in [5, 5.41) is 0. The molecule has 1 fully saturated rings. The number of benzene rings is 2. The van der Waals surface area contributed by atoms with Crippen LogP contribution in [-0.4, -0.2) is 38.4 Å². The standard InChI is InChI=1S/C20H23NO2S.ClH/c1-21-11-9-20(10-12-21)15-8-7-14(24-3)13-18(15)23-19-16(20)5-4-6-17(19)22-2;/h4-8,13H,9-12H2,1-3H3;1H. The summed E-state index contributed by atoms with van der Waals surface area (Å²) in [4.78, 5) is 3.64. The molecule has 2 aromatic carbocycles. The second kappa shape index (κ2) is 7.10. The Bertz CT molecular complexity index is 772. The van der Waals surface area contributed by atoms with Crippen LogP contribution in [0.15, 0.2) is 41.3 Å². The maximum absolute atomic E-state index is 6.34. The summed E-state index contributed by atoms with van der Waals surface area (Å²) < 4.78 is 11.9. The van der Waals surface area contributed by atoms with Gasteiger partial charge >= 0.3 is 0 Å². The molecule has 134 valence electrons. The van der Waals surface area contributed by atoms with E-state index in [1.807, 2.05) is 6.07 Å². The first kappa shape index (κ1) is 18.4. The van der Waals surface area contributed by atoms with Crippen molar-refractivity contribution in [3.05, 3.63) is 47.5 Å². The van der Waals surface area contributed by atoms with Gasteiger partial charge < -0.3 is 14.4 Å². The zero-order valence-electron chi connectivity index (χ0n) is 14.9. The predicted molar refractivity (Wildman–Crippen MR) is 106 cm³/mol. The molecule has 2 aromatic rings. The van der Waals surface area contributed by atoms with Crippen molar-refractivity contribution < 1.29 is 9.47 Å². The Morgan fingerprint density at radius 1 is 1.12 bits per heavy atom. The maximum atomic E-state index is 6.34. The van der Waals surface area contributed by atoms with E-state index in [2.05, 4.69) is 48.5 Å². The Morgan fingerprint density at radius 3 is 2.56 bits per heavy atom. The molecule has 4 rings (SSSR count). The maximum Gasteiger partial charge on any atom is 0.173 e. The Labute approximate surface area is 160 Å². The number of nitrogens with zero attached hydrogens (tertiary/aromatic N) is 1. The molecule has 5 heteroatoms. The van der Waals surface area contributed by atoms with Gasteiger partial charge in [-0.25, -0.2) is 0 Å². The second-order valence-corrected chi connectivity index (χ2v) is 7.57. The van der Waals surface area contributed by atoms with Gasteiger partial charge in [0.05, 0.1) is 7.11 Å². The molecule has 3 nitrogen and oxygen atoms in total. The molecule has 2 aliphatic rings. The predicted octanol–water partition coefficient (Wildman–Crippen LogP) is 4.96. The summed E-state index contributed by atoms with van der Waals surface area (Å²) in [6.07, 6.45) is 4.32. The van der Waals surface area contributed by atoms with Crippen LogP contribution in [0.3, 0.4) is 0 Å². The molecule has 0 bridgehead atoms. The molecule has 0 atom stereocenters. The molecule has 1 saturated heterocycles. The van der Waals surface area contributed by atoms with Gasteiger partial charge in [-0.2, -0.15) is 0 Å². The summed E-state index contributed by atoms with van der Waals surface area (Å²) in [6, 6.07) is 13.0. The van der Waals surface area contributed by atoms with Gasteiger partial charge in [-0.3, -0.25) is 0 Å². The lowest BCUT2D eigenvalue weighted by Crippen LogP contribution is -2.43. The smallest absolute Gasteiger partial charge is 0.173 e. The Balaban J connectivity index is 0.00000182. The number of hydrogen-bond acceptors (Lipinski definition) is 4. The van der Waals surface area contributed by atoms with Crippen LogP contribution in [-0.2, 0) is 5.41 Å². The summed E-state index contributed by atoms with van der Waals surface area (Å²) in [5.41, 5.74) is 2.63. The van der Waals surface area contributed by atoms with Crippen LogP contribution in [0.5, 0.6) is 17.2 Å². The molecule has 2 aliphatic heterocycles. The zero-order valence-corrected chi connectivity index (χ0v) is 16.5. The van der Waals surface area contributed by atoms with E-state index in [4.69, 9.17) is 9.47 Å². The van der Waals surface area contributed by atoms with E-state index in [1.165, 1.54) is 16.0 Å². The number of methoxy groups -OCH3 is 1. The summed E-state index contributed by atoms with van der Waals surface area (Å²) in [5.74, 6) is 2.71. The van der Waals surface area contributed by atoms with Gasteiger partial charge in [0, 0.05) is 21.4 Å². The fourth-order valence-electron chi connectivity index (χ4n) is 4.06. The van der Waals surface area contributed by atoms with Gasteiger partial charge in [-0.05, 0) is 57.4 Å². The summed E-state index contributed by atoms with van der Waals surface area (Å²) >= 11 is 1.75. The fourth-order valence-corrected chi connectivity index (χ4v) is 4.49. The van der Waals surface area contributed by atoms with Gasteiger partial charge in [-0.1, -0.05) is 18.2 Å². The highest BCUT2D eigenvalue weighted by molar-refractivity contribution is 7.98.